The van der Waals surface area contributed by atoms with Gasteiger partial charge in [-0.05, 0) is 6.07 Å². The second-order valence-electron chi connectivity index (χ2n) is 4.06. The molecule has 0 spiro atoms. The smallest absolute Gasteiger partial charge is 0.163 e. The highest BCUT2D eigenvalue weighted by Gasteiger charge is 2.09. The SMILES string of the molecule is COCCOc1cc2cncnc2cc1OCCOC. The normalized spacial score (nSPS) is 10.7. The lowest BCUT2D eigenvalue weighted by molar-refractivity contribution is 0.132. The molecule has 0 fully saturated rings. The lowest BCUT2D eigenvalue weighted by Crippen LogP contribution is -2.08. The Morgan fingerprint density at radius 1 is 0.900 bits per heavy atom. The largest absolute Gasteiger partial charge is 0.487 e. The highest BCUT2D eigenvalue weighted by molar-refractivity contribution is 5.81. The van der Waals surface area contributed by atoms with E-state index in [-0.39, 0.29) is 0 Å². The third-order valence-electron chi connectivity index (χ3n) is 2.66. The number of rotatable bonds is 8. The van der Waals surface area contributed by atoms with E-state index in [2.05, 4.69) is 9.97 Å². The maximum Gasteiger partial charge on any atom is 0.163 e. The van der Waals surface area contributed by atoms with Gasteiger partial charge in [-0.25, -0.2) is 9.97 Å². The van der Waals surface area contributed by atoms with Gasteiger partial charge in [0.05, 0.1) is 18.7 Å². The first-order valence-electron chi connectivity index (χ1n) is 6.32. The van der Waals surface area contributed by atoms with Crippen LogP contribution < -0.4 is 9.47 Å². The second kappa shape index (κ2) is 7.62. The Labute approximate surface area is 117 Å². The van der Waals surface area contributed by atoms with Gasteiger partial charge in [-0.3, -0.25) is 0 Å². The summed E-state index contributed by atoms with van der Waals surface area (Å²) in [7, 11) is 3.26. The minimum absolute atomic E-state index is 0.452. The molecule has 0 aliphatic rings. The molecular weight excluding hydrogens is 260 g/mol. The molecule has 0 saturated carbocycles. The van der Waals surface area contributed by atoms with Crippen LogP contribution in [0, 0.1) is 0 Å². The Morgan fingerprint density at radius 3 is 2.20 bits per heavy atom. The van der Waals surface area contributed by atoms with Crippen molar-refractivity contribution in [2.24, 2.45) is 0 Å². The summed E-state index contributed by atoms with van der Waals surface area (Å²) in [5.41, 5.74) is 0.812. The number of methoxy groups -OCH3 is 2. The lowest BCUT2D eigenvalue weighted by atomic mass is 10.2. The Bertz CT molecular complexity index is 499. The van der Waals surface area contributed by atoms with Crippen LogP contribution >= 0.6 is 0 Å². The average molecular weight is 278 g/mol. The Kier molecular flexibility index (Phi) is 5.52. The number of hydrogen-bond acceptors (Lipinski definition) is 6. The number of fused-ring (bicyclic) bond motifs is 1. The molecule has 0 bridgehead atoms. The van der Waals surface area contributed by atoms with Crippen LogP contribution in [0.1, 0.15) is 0 Å². The molecule has 0 unspecified atom stereocenters. The predicted molar refractivity (Wildman–Crippen MR) is 74.3 cm³/mol. The standard InChI is InChI=1S/C14H18N2O4/c1-17-3-5-19-13-7-11-9-15-10-16-12(11)8-14(13)20-6-4-18-2/h7-10H,3-6H2,1-2H3. The zero-order chi connectivity index (χ0) is 14.2. The third-order valence-corrected chi connectivity index (χ3v) is 2.66. The quantitative estimate of drug-likeness (QED) is 0.685. The summed E-state index contributed by atoms with van der Waals surface area (Å²) in [6.45, 7) is 1.93. The van der Waals surface area contributed by atoms with E-state index in [1.165, 1.54) is 6.33 Å². The molecule has 0 aliphatic carbocycles. The van der Waals surface area contributed by atoms with E-state index in [4.69, 9.17) is 18.9 Å². The van der Waals surface area contributed by atoms with Crippen LogP contribution in [-0.4, -0.2) is 50.6 Å². The topological polar surface area (TPSA) is 62.7 Å². The van der Waals surface area contributed by atoms with Gasteiger partial charge in [0.1, 0.15) is 19.5 Å². The number of hydrogen-bond donors (Lipinski definition) is 0. The molecule has 20 heavy (non-hydrogen) atoms. The maximum absolute atomic E-state index is 5.67. The molecular formula is C14H18N2O4. The van der Waals surface area contributed by atoms with E-state index in [0.717, 1.165) is 10.9 Å². The first-order chi connectivity index (χ1) is 9.85. The Hall–Kier alpha value is -1.92. The van der Waals surface area contributed by atoms with Gasteiger partial charge in [0.25, 0.3) is 0 Å². The van der Waals surface area contributed by atoms with Gasteiger partial charge in [-0.1, -0.05) is 0 Å². The van der Waals surface area contributed by atoms with Crippen LogP contribution in [0.25, 0.3) is 10.9 Å². The van der Waals surface area contributed by atoms with E-state index < -0.39 is 0 Å². The van der Waals surface area contributed by atoms with Gasteiger partial charge in [0, 0.05) is 31.9 Å². The summed E-state index contributed by atoms with van der Waals surface area (Å²) in [4.78, 5) is 8.21. The first-order valence-corrected chi connectivity index (χ1v) is 6.32. The van der Waals surface area contributed by atoms with Crippen molar-refractivity contribution in [2.75, 3.05) is 40.6 Å². The lowest BCUT2D eigenvalue weighted by Gasteiger charge is -2.13. The summed E-state index contributed by atoms with van der Waals surface area (Å²) in [6.07, 6.45) is 3.25. The van der Waals surface area contributed by atoms with Crippen LogP contribution in [0.2, 0.25) is 0 Å². The molecule has 0 N–H and O–H groups in total. The Morgan fingerprint density at radius 2 is 1.55 bits per heavy atom. The van der Waals surface area contributed by atoms with Crippen LogP contribution in [-0.2, 0) is 9.47 Å². The highest BCUT2D eigenvalue weighted by atomic mass is 16.5. The van der Waals surface area contributed by atoms with Gasteiger partial charge in [-0.2, -0.15) is 0 Å². The summed E-state index contributed by atoms with van der Waals surface area (Å²) in [5.74, 6) is 1.30. The first kappa shape index (κ1) is 14.5. The fourth-order valence-electron chi connectivity index (χ4n) is 1.68. The van der Waals surface area contributed by atoms with Crippen molar-refractivity contribution in [1.29, 1.82) is 0 Å². The monoisotopic (exact) mass is 278 g/mol. The van der Waals surface area contributed by atoms with Crippen molar-refractivity contribution in [3.8, 4) is 11.5 Å². The molecule has 2 aromatic rings. The fourth-order valence-corrected chi connectivity index (χ4v) is 1.68. The molecule has 1 aromatic heterocycles. The molecule has 6 nitrogen and oxygen atoms in total. The molecule has 1 heterocycles. The molecule has 2 rings (SSSR count). The molecule has 0 saturated heterocycles. The van der Waals surface area contributed by atoms with Crippen LogP contribution in [0.5, 0.6) is 11.5 Å². The van der Waals surface area contributed by atoms with Crippen molar-refractivity contribution in [3.63, 3.8) is 0 Å². The maximum atomic E-state index is 5.67. The van der Waals surface area contributed by atoms with E-state index in [0.29, 0.717) is 37.9 Å². The summed E-state index contributed by atoms with van der Waals surface area (Å²) < 4.78 is 21.3. The molecule has 0 aliphatic heterocycles. The number of ether oxygens (including phenoxy) is 4. The van der Waals surface area contributed by atoms with E-state index >= 15 is 0 Å². The zero-order valence-corrected chi connectivity index (χ0v) is 11.7. The second-order valence-corrected chi connectivity index (χ2v) is 4.06. The summed E-state index contributed by atoms with van der Waals surface area (Å²) >= 11 is 0. The van der Waals surface area contributed by atoms with Gasteiger partial charge >= 0.3 is 0 Å². The third kappa shape index (κ3) is 3.79. The van der Waals surface area contributed by atoms with Gasteiger partial charge < -0.3 is 18.9 Å². The molecule has 0 amide bonds. The van der Waals surface area contributed by atoms with Crippen molar-refractivity contribution >= 4 is 10.9 Å². The van der Waals surface area contributed by atoms with E-state index in [1.807, 2.05) is 12.1 Å². The molecule has 6 heteroatoms. The van der Waals surface area contributed by atoms with Gasteiger partial charge in [0.2, 0.25) is 0 Å². The van der Waals surface area contributed by atoms with Gasteiger partial charge in [-0.15, -0.1) is 0 Å². The van der Waals surface area contributed by atoms with Gasteiger partial charge in [0.15, 0.2) is 11.5 Å². The minimum Gasteiger partial charge on any atom is -0.487 e. The fraction of sp³-hybridized carbons (Fsp3) is 0.429. The minimum atomic E-state index is 0.452. The van der Waals surface area contributed by atoms with Crippen molar-refractivity contribution in [2.45, 2.75) is 0 Å². The number of benzene rings is 1. The highest BCUT2D eigenvalue weighted by Crippen LogP contribution is 2.31. The summed E-state index contributed by atoms with van der Waals surface area (Å²) in [5, 5.41) is 0.902. The molecule has 1 aromatic carbocycles. The van der Waals surface area contributed by atoms with Crippen molar-refractivity contribution in [3.05, 3.63) is 24.7 Å². The zero-order valence-electron chi connectivity index (χ0n) is 11.7. The van der Waals surface area contributed by atoms with Crippen molar-refractivity contribution in [1.82, 2.24) is 9.97 Å². The van der Waals surface area contributed by atoms with E-state index in [9.17, 15) is 0 Å². The van der Waals surface area contributed by atoms with Crippen LogP contribution in [0.15, 0.2) is 24.7 Å². The number of aromatic nitrogens is 2. The van der Waals surface area contributed by atoms with E-state index in [1.54, 1.807) is 20.4 Å². The predicted octanol–water partition coefficient (Wildman–Crippen LogP) is 1.68. The molecule has 0 atom stereocenters. The molecule has 0 radical (unpaired) electrons. The molecule has 108 valence electrons. The summed E-state index contributed by atoms with van der Waals surface area (Å²) in [6, 6.07) is 3.71. The van der Waals surface area contributed by atoms with Crippen molar-refractivity contribution < 1.29 is 18.9 Å². The Balaban J connectivity index is 2.21. The average Bonchev–Trinajstić information content (AvgIpc) is 2.48. The van der Waals surface area contributed by atoms with Crippen LogP contribution in [0.3, 0.4) is 0 Å². The van der Waals surface area contributed by atoms with Crippen LogP contribution in [0.4, 0.5) is 0 Å². The number of nitrogens with zero attached hydrogens (tertiary/aromatic N) is 2.